The van der Waals surface area contributed by atoms with Crippen molar-refractivity contribution >= 4 is 11.9 Å². The molecule has 0 unspecified atom stereocenters. The molecule has 0 saturated carbocycles. The number of unbranched alkanes of at least 4 members (excludes halogenated alkanes) is 5. The maximum Gasteiger partial charge on any atom is 0.306 e. The first-order chi connectivity index (χ1) is 8.87. The van der Waals surface area contributed by atoms with E-state index < -0.39 is 11.6 Å². The van der Waals surface area contributed by atoms with Gasteiger partial charge in [-0.15, -0.1) is 0 Å². The van der Waals surface area contributed by atoms with Gasteiger partial charge in [-0.25, -0.2) is 0 Å². The third-order valence-corrected chi connectivity index (χ3v) is 2.89. The van der Waals surface area contributed by atoms with Crippen molar-refractivity contribution in [3.05, 3.63) is 12.7 Å². The predicted molar refractivity (Wildman–Crippen MR) is 74.9 cm³/mol. The lowest BCUT2D eigenvalue weighted by Crippen LogP contribution is -2.24. The summed E-state index contributed by atoms with van der Waals surface area (Å²) in [6.45, 7) is 7.23. The van der Waals surface area contributed by atoms with Gasteiger partial charge in [0, 0.05) is 12.8 Å². The number of carbonyl (C=O) groups excluding carboxylic acids is 1. The summed E-state index contributed by atoms with van der Waals surface area (Å²) >= 11 is 0. The number of esters is 1. The Labute approximate surface area is 115 Å². The van der Waals surface area contributed by atoms with E-state index in [1.54, 1.807) is 19.9 Å². The van der Waals surface area contributed by atoms with Crippen LogP contribution in [0.3, 0.4) is 0 Å². The highest BCUT2D eigenvalue weighted by atomic mass is 16.6. The molecule has 0 aliphatic rings. The van der Waals surface area contributed by atoms with Gasteiger partial charge in [-0.1, -0.05) is 32.3 Å². The minimum atomic E-state index is -0.729. The maximum absolute atomic E-state index is 11.5. The summed E-state index contributed by atoms with van der Waals surface area (Å²) in [5.74, 6) is -0.914. The van der Waals surface area contributed by atoms with E-state index in [0.717, 1.165) is 38.5 Å². The van der Waals surface area contributed by atoms with Crippen molar-refractivity contribution in [3.63, 3.8) is 0 Å². The summed E-state index contributed by atoms with van der Waals surface area (Å²) < 4.78 is 5.24. The lowest BCUT2D eigenvalue weighted by atomic mass is 10.1. The van der Waals surface area contributed by atoms with Crippen LogP contribution < -0.4 is 0 Å². The van der Waals surface area contributed by atoms with Gasteiger partial charge in [-0.3, -0.25) is 9.59 Å². The molecule has 0 aromatic heterocycles. The highest BCUT2D eigenvalue weighted by Crippen LogP contribution is 2.13. The molecular formula is C15H26O4. The first-order valence-electron chi connectivity index (χ1n) is 6.94. The minimum Gasteiger partial charge on any atom is -0.481 e. The average Bonchev–Trinajstić information content (AvgIpc) is 2.31. The van der Waals surface area contributed by atoms with Gasteiger partial charge in [0.05, 0.1) is 0 Å². The van der Waals surface area contributed by atoms with Crippen LogP contribution in [0, 0.1) is 0 Å². The lowest BCUT2D eigenvalue weighted by Gasteiger charge is -2.20. The van der Waals surface area contributed by atoms with E-state index >= 15 is 0 Å². The fraction of sp³-hybridized carbons (Fsp3) is 0.733. The van der Waals surface area contributed by atoms with E-state index in [0.29, 0.717) is 6.42 Å². The number of hydrogen-bond donors (Lipinski definition) is 1. The molecule has 0 aliphatic carbocycles. The molecule has 0 spiro atoms. The van der Waals surface area contributed by atoms with Crippen LogP contribution in [0.15, 0.2) is 12.7 Å². The molecule has 1 N–H and O–H groups in total. The third-order valence-electron chi connectivity index (χ3n) is 2.89. The molecule has 0 heterocycles. The average molecular weight is 270 g/mol. The number of carbonyl (C=O) groups is 2. The van der Waals surface area contributed by atoms with Gasteiger partial charge in [-0.05, 0) is 32.8 Å². The summed E-state index contributed by atoms with van der Waals surface area (Å²) in [7, 11) is 0. The zero-order valence-electron chi connectivity index (χ0n) is 12.1. The molecule has 0 aromatic rings. The van der Waals surface area contributed by atoms with Crippen molar-refractivity contribution in [2.75, 3.05) is 0 Å². The van der Waals surface area contributed by atoms with E-state index in [-0.39, 0.29) is 12.4 Å². The van der Waals surface area contributed by atoms with E-state index in [1.807, 2.05) is 0 Å². The molecule has 4 heteroatoms. The minimum absolute atomic E-state index is 0.184. The van der Waals surface area contributed by atoms with Crippen molar-refractivity contribution in [1.82, 2.24) is 0 Å². The van der Waals surface area contributed by atoms with Gasteiger partial charge >= 0.3 is 11.9 Å². The summed E-state index contributed by atoms with van der Waals surface area (Å²) in [5.41, 5.74) is -0.589. The van der Waals surface area contributed by atoms with Crippen molar-refractivity contribution < 1.29 is 19.4 Å². The molecule has 0 aliphatic heterocycles. The largest absolute Gasteiger partial charge is 0.481 e. The summed E-state index contributed by atoms with van der Waals surface area (Å²) in [4.78, 5) is 21.8. The van der Waals surface area contributed by atoms with Crippen LogP contribution >= 0.6 is 0 Å². The summed E-state index contributed by atoms with van der Waals surface area (Å²) in [5, 5.41) is 8.47. The highest BCUT2D eigenvalue weighted by Gasteiger charge is 2.17. The molecular weight excluding hydrogens is 244 g/mol. The Bertz CT molecular complexity index is 295. The standard InChI is InChI=1S/C15H26O4/c1-4-15(2,3)19-14(18)12-10-8-6-5-7-9-11-13(16)17/h4H,1,5-12H2,2-3H3,(H,16,17). The molecule has 19 heavy (non-hydrogen) atoms. The first kappa shape index (κ1) is 17.7. The van der Waals surface area contributed by atoms with E-state index in [2.05, 4.69) is 6.58 Å². The molecule has 0 saturated heterocycles. The summed E-state index contributed by atoms with van der Waals surface area (Å²) in [6, 6.07) is 0. The van der Waals surface area contributed by atoms with Crippen LogP contribution in [0.1, 0.15) is 65.2 Å². The van der Waals surface area contributed by atoms with Crippen molar-refractivity contribution in [3.8, 4) is 0 Å². The molecule has 0 rings (SSSR count). The van der Waals surface area contributed by atoms with Gasteiger partial charge in [0.1, 0.15) is 5.60 Å². The topological polar surface area (TPSA) is 63.6 Å². The molecule has 0 bridgehead atoms. The molecule has 110 valence electrons. The Balaban J connectivity index is 3.42. The van der Waals surface area contributed by atoms with Crippen LogP contribution in [0.25, 0.3) is 0 Å². The number of ether oxygens (including phenoxy) is 1. The van der Waals surface area contributed by atoms with Crippen LogP contribution in [0.4, 0.5) is 0 Å². The SMILES string of the molecule is C=CC(C)(C)OC(=O)CCCCCCCCC(=O)O. The Hall–Kier alpha value is -1.32. The van der Waals surface area contributed by atoms with Gasteiger partial charge in [0.2, 0.25) is 0 Å². The molecule has 0 amide bonds. The van der Waals surface area contributed by atoms with Crippen molar-refractivity contribution in [2.24, 2.45) is 0 Å². The van der Waals surface area contributed by atoms with E-state index in [1.165, 1.54) is 0 Å². The number of carboxylic acid groups (broad SMARTS) is 1. The molecule has 4 nitrogen and oxygen atoms in total. The van der Waals surface area contributed by atoms with Crippen molar-refractivity contribution in [1.29, 1.82) is 0 Å². The fourth-order valence-corrected chi connectivity index (χ4v) is 1.64. The van der Waals surface area contributed by atoms with Gasteiger partial charge in [0.25, 0.3) is 0 Å². The monoisotopic (exact) mass is 270 g/mol. The Kier molecular flexibility index (Phi) is 8.92. The Morgan fingerprint density at radius 2 is 1.53 bits per heavy atom. The van der Waals surface area contributed by atoms with E-state index in [9.17, 15) is 9.59 Å². The summed E-state index contributed by atoms with van der Waals surface area (Å²) in [6.07, 6.45) is 7.87. The fourth-order valence-electron chi connectivity index (χ4n) is 1.64. The first-order valence-corrected chi connectivity index (χ1v) is 6.94. The normalized spacial score (nSPS) is 11.1. The molecule has 0 aromatic carbocycles. The lowest BCUT2D eigenvalue weighted by molar-refractivity contribution is -0.152. The predicted octanol–water partition coefficient (Wildman–Crippen LogP) is 3.70. The second-order valence-corrected chi connectivity index (χ2v) is 5.30. The second-order valence-electron chi connectivity index (χ2n) is 5.30. The Morgan fingerprint density at radius 1 is 1.05 bits per heavy atom. The smallest absolute Gasteiger partial charge is 0.306 e. The van der Waals surface area contributed by atoms with Crippen LogP contribution in [0.5, 0.6) is 0 Å². The third kappa shape index (κ3) is 11.5. The van der Waals surface area contributed by atoms with Gasteiger partial charge in [0.15, 0.2) is 0 Å². The zero-order valence-corrected chi connectivity index (χ0v) is 12.1. The van der Waals surface area contributed by atoms with Gasteiger partial charge in [-0.2, -0.15) is 0 Å². The van der Waals surface area contributed by atoms with Crippen molar-refractivity contribution in [2.45, 2.75) is 70.8 Å². The highest BCUT2D eigenvalue weighted by molar-refractivity contribution is 5.70. The number of aliphatic carboxylic acids is 1. The number of carboxylic acids is 1. The Morgan fingerprint density at radius 3 is 2.00 bits per heavy atom. The molecule has 0 radical (unpaired) electrons. The maximum atomic E-state index is 11.5. The number of hydrogen-bond acceptors (Lipinski definition) is 3. The second kappa shape index (κ2) is 9.59. The van der Waals surface area contributed by atoms with Crippen LogP contribution in [-0.4, -0.2) is 22.6 Å². The van der Waals surface area contributed by atoms with Crippen LogP contribution in [-0.2, 0) is 14.3 Å². The quantitative estimate of drug-likeness (QED) is 0.353. The van der Waals surface area contributed by atoms with E-state index in [4.69, 9.17) is 9.84 Å². The zero-order chi connectivity index (χ0) is 14.7. The molecule has 0 fully saturated rings. The van der Waals surface area contributed by atoms with Crippen LogP contribution in [0.2, 0.25) is 0 Å². The molecule has 0 atom stereocenters. The number of rotatable bonds is 11. The van der Waals surface area contributed by atoms with Gasteiger partial charge < -0.3 is 9.84 Å².